The first-order valence-corrected chi connectivity index (χ1v) is 13.2. The highest BCUT2D eigenvalue weighted by Gasteiger charge is 2.64. The summed E-state index contributed by atoms with van der Waals surface area (Å²) in [6.45, 7) is 12.1. The second kappa shape index (κ2) is 9.42. The molecule has 1 saturated carbocycles. The summed E-state index contributed by atoms with van der Waals surface area (Å²) in [5.41, 5.74) is 1.36. The minimum atomic E-state index is -0.654. The van der Waals surface area contributed by atoms with Crippen molar-refractivity contribution in [3.05, 3.63) is 47.2 Å². The fourth-order valence-corrected chi connectivity index (χ4v) is 6.86. The van der Waals surface area contributed by atoms with Gasteiger partial charge in [-0.05, 0) is 54.9 Å². The summed E-state index contributed by atoms with van der Waals surface area (Å²) in [4.78, 5) is 30.9. The average molecular weight is 512 g/mol. The van der Waals surface area contributed by atoms with Crippen LogP contribution in [0.3, 0.4) is 0 Å². The Balaban J connectivity index is 1.39. The number of carbonyl (C=O) groups excluding carboxylic acids is 2. The van der Waals surface area contributed by atoms with Gasteiger partial charge in [0, 0.05) is 51.6 Å². The van der Waals surface area contributed by atoms with Crippen molar-refractivity contribution in [3.8, 4) is 11.3 Å². The first-order chi connectivity index (χ1) is 17.6. The Morgan fingerprint density at radius 2 is 1.78 bits per heavy atom. The lowest BCUT2D eigenvalue weighted by molar-refractivity contribution is -0.135. The molecule has 2 bridgehead atoms. The second-order valence-electron chi connectivity index (χ2n) is 11.2. The lowest BCUT2D eigenvalue weighted by Gasteiger charge is -2.42. The quantitative estimate of drug-likeness (QED) is 0.593. The number of hydrogen-bond donors (Lipinski definition) is 0. The fourth-order valence-electron chi connectivity index (χ4n) is 6.86. The van der Waals surface area contributed by atoms with E-state index in [0.717, 1.165) is 24.1 Å². The maximum atomic E-state index is 14.5. The molecule has 0 unspecified atom stereocenters. The van der Waals surface area contributed by atoms with Gasteiger partial charge in [-0.3, -0.25) is 14.5 Å². The number of carbonyl (C=O) groups is 2. The van der Waals surface area contributed by atoms with E-state index in [2.05, 4.69) is 28.9 Å². The monoisotopic (exact) mass is 511 g/mol. The zero-order chi connectivity index (χ0) is 26.5. The van der Waals surface area contributed by atoms with Crippen LogP contribution in [0.4, 0.5) is 8.78 Å². The average Bonchev–Trinajstić information content (AvgIpc) is 3.22. The zero-order valence-electron chi connectivity index (χ0n) is 22.1. The third-order valence-corrected chi connectivity index (χ3v) is 9.21. The highest BCUT2D eigenvalue weighted by atomic mass is 19.1. The molecule has 0 spiro atoms. The molecular formula is C28H35F2N5O2. The molecule has 0 radical (unpaired) electrons. The van der Waals surface area contributed by atoms with Gasteiger partial charge in [0.2, 0.25) is 11.8 Å². The summed E-state index contributed by atoms with van der Waals surface area (Å²) in [6.07, 6.45) is 1.82. The lowest BCUT2D eigenvalue weighted by Crippen LogP contribution is -2.53. The van der Waals surface area contributed by atoms with E-state index >= 15 is 0 Å². The third-order valence-electron chi connectivity index (χ3n) is 9.21. The first kappa shape index (κ1) is 25.7. The molecule has 5 rings (SSSR count). The van der Waals surface area contributed by atoms with Gasteiger partial charge in [-0.1, -0.05) is 19.9 Å². The predicted octanol–water partition coefficient (Wildman–Crippen LogP) is 3.59. The van der Waals surface area contributed by atoms with E-state index < -0.39 is 11.6 Å². The van der Waals surface area contributed by atoms with Crippen molar-refractivity contribution in [3.63, 3.8) is 0 Å². The van der Waals surface area contributed by atoms with Gasteiger partial charge in [-0.15, -0.1) is 0 Å². The standard InChI is InChI=1S/C28H35F2N5O2/c1-5-34(24(37)16-33-11-13-35(14-12-33)18(2)36)17-28-10-9-20(27(28,3)4)19-15-23(31-32-26(19)28)25-21(29)7-6-8-22(25)30/h6-8,15,20H,5,9-14,16-17H2,1-4H3/t20-,28-/m0/s1. The Kier molecular flexibility index (Phi) is 6.54. The highest BCUT2D eigenvalue weighted by Crippen LogP contribution is 2.67. The van der Waals surface area contributed by atoms with E-state index in [1.807, 2.05) is 22.8 Å². The van der Waals surface area contributed by atoms with Crippen molar-refractivity contribution >= 4 is 11.8 Å². The number of hydrogen-bond acceptors (Lipinski definition) is 5. The number of halogens is 2. The number of amides is 2. The van der Waals surface area contributed by atoms with Crippen LogP contribution >= 0.6 is 0 Å². The van der Waals surface area contributed by atoms with Crippen LogP contribution in [0, 0.1) is 17.0 Å². The number of fused-ring (bicyclic) bond motifs is 5. The third kappa shape index (κ3) is 4.11. The molecule has 7 nitrogen and oxygen atoms in total. The molecule has 2 amide bonds. The van der Waals surface area contributed by atoms with E-state index in [1.165, 1.54) is 18.2 Å². The van der Waals surface area contributed by atoms with Crippen LogP contribution < -0.4 is 0 Å². The zero-order valence-corrected chi connectivity index (χ0v) is 22.1. The van der Waals surface area contributed by atoms with Crippen molar-refractivity contribution in [2.24, 2.45) is 5.41 Å². The molecule has 37 heavy (non-hydrogen) atoms. The summed E-state index contributed by atoms with van der Waals surface area (Å²) in [7, 11) is 0. The summed E-state index contributed by atoms with van der Waals surface area (Å²) in [5, 5.41) is 8.88. The van der Waals surface area contributed by atoms with Crippen molar-refractivity contribution in [2.75, 3.05) is 45.8 Å². The van der Waals surface area contributed by atoms with Gasteiger partial charge >= 0.3 is 0 Å². The minimum absolute atomic E-state index is 0.0684. The molecule has 1 aliphatic heterocycles. The Bertz CT molecular complexity index is 1210. The van der Waals surface area contributed by atoms with E-state index in [1.54, 1.807) is 6.92 Å². The Hall–Kier alpha value is -2.94. The van der Waals surface area contributed by atoms with Gasteiger partial charge < -0.3 is 9.80 Å². The molecule has 1 aromatic heterocycles. The van der Waals surface area contributed by atoms with Crippen LogP contribution in [-0.2, 0) is 15.0 Å². The molecule has 2 heterocycles. The Morgan fingerprint density at radius 1 is 1.11 bits per heavy atom. The van der Waals surface area contributed by atoms with Gasteiger partial charge in [-0.25, -0.2) is 8.78 Å². The summed E-state index contributed by atoms with van der Waals surface area (Å²) in [5.74, 6) is -0.990. The molecule has 2 atom stereocenters. The van der Waals surface area contributed by atoms with Crippen LogP contribution in [0.1, 0.15) is 57.7 Å². The predicted molar refractivity (Wildman–Crippen MR) is 136 cm³/mol. The number of nitrogens with zero attached hydrogens (tertiary/aromatic N) is 5. The van der Waals surface area contributed by atoms with Crippen molar-refractivity contribution in [2.45, 2.75) is 51.9 Å². The maximum absolute atomic E-state index is 14.5. The summed E-state index contributed by atoms with van der Waals surface area (Å²) >= 11 is 0. The van der Waals surface area contributed by atoms with Gasteiger partial charge in [0.05, 0.1) is 23.5 Å². The van der Waals surface area contributed by atoms with Crippen LogP contribution in [0.2, 0.25) is 0 Å². The van der Waals surface area contributed by atoms with E-state index in [0.29, 0.717) is 45.8 Å². The molecule has 9 heteroatoms. The number of rotatable bonds is 6. The smallest absolute Gasteiger partial charge is 0.236 e. The Labute approximate surface area is 216 Å². The SMILES string of the molecule is CCN(C[C@@]12CC[C@@H](c3cc(-c4c(F)cccc4F)nnc31)C2(C)C)C(=O)CN1CCN(C(C)=O)CC1. The molecule has 198 valence electrons. The molecule has 2 fully saturated rings. The van der Waals surface area contributed by atoms with Gasteiger partial charge in [0.1, 0.15) is 11.6 Å². The minimum Gasteiger partial charge on any atom is -0.341 e. The first-order valence-electron chi connectivity index (χ1n) is 13.2. The number of aromatic nitrogens is 2. The topological polar surface area (TPSA) is 69.6 Å². The maximum Gasteiger partial charge on any atom is 0.236 e. The molecule has 3 aliphatic rings. The van der Waals surface area contributed by atoms with Crippen LogP contribution in [0.5, 0.6) is 0 Å². The molecule has 2 aromatic rings. The molecule has 2 aliphatic carbocycles. The largest absolute Gasteiger partial charge is 0.341 e. The van der Waals surface area contributed by atoms with Gasteiger partial charge in [0.25, 0.3) is 0 Å². The van der Waals surface area contributed by atoms with Crippen LogP contribution in [0.15, 0.2) is 24.3 Å². The summed E-state index contributed by atoms with van der Waals surface area (Å²) < 4.78 is 29.0. The van der Waals surface area contributed by atoms with E-state index in [-0.39, 0.29) is 39.8 Å². The Morgan fingerprint density at radius 3 is 2.41 bits per heavy atom. The fraction of sp³-hybridized carbons (Fsp3) is 0.571. The number of benzene rings is 1. The van der Waals surface area contributed by atoms with E-state index in [4.69, 9.17) is 0 Å². The van der Waals surface area contributed by atoms with Crippen molar-refractivity contribution < 1.29 is 18.4 Å². The number of likely N-dealkylation sites (N-methyl/N-ethyl adjacent to an activating group) is 1. The molecule has 1 saturated heterocycles. The lowest BCUT2D eigenvalue weighted by atomic mass is 9.68. The molecule has 1 aromatic carbocycles. The molecule has 0 N–H and O–H groups in total. The van der Waals surface area contributed by atoms with Crippen LogP contribution in [-0.4, -0.2) is 82.5 Å². The van der Waals surface area contributed by atoms with Gasteiger partial charge in [0.15, 0.2) is 0 Å². The van der Waals surface area contributed by atoms with Crippen LogP contribution in [0.25, 0.3) is 11.3 Å². The highest BCUT2D eigenvalue weighted by molar-refractivity contribution is 5.79. The second-order valence-corrected chi connectivity index (χ2v) is 11.2. The summed E-state index contributed by atoms with van der Waals surface area (Å²) in [6, 6.07) is 5.61. The van der Waals surface area contributed by atoms with Crippen molar-refractivity contribution in [1.29, 1.82) is 0 Å². The van der Waals surface area contributed by atoms with Gasteiger partial charge in [-0.2, -0.15) is 10.2 Å². The number of piperazine rings is 1. The molecular weight excluding hydrogens is 476 g/mol. The van der Waals surface area contributed by atoms with Crippen molar-refractivity contribution in [1.82, 2.24) is 24.9 Å². The normalized spacial score (nSPS) is 24.3. The van der Waals surface area contributed by atoms with E-state index in [9.17, 15) is 18.4 Å².